The molecule has 0 unspecified atom stereocenters. The highest BCUT2D eigenvalue weighted by Crippen LogP contribution is 2.47. The van der Waals surface area contributed by atoms with E-state index in [-0.39, 0.29) is 21.9 Å². The number of halogens is 2. The predicted molar refractivity (Wildman–Crippen MR) is 73.4 cm³/mol. The van der Waals surface area contributed by atoms with Gasteiger partial charge in [0.1, 0.15) is 0 Å². The van der Waals surface area contributed by atoms with Gasteiger partial charge in [0, 0.05) is 17.5 Å². The van der Waals surface area contributed by atoms with Crippen molar-refractivity contribution in [3.63, 3.8) is 0 Å². The molecule has 0 aliphatic heterocycles. The molecule has 19 heavy (non-hydrogen) atoms. The lowest BCUT2D eigenvalue weighted by molar-refractivity contribution is 0.282. The molecule has 1 saturated carbocycles. The summed E-state index contributed by atoms with van der Waals surface area (Å²) in [6.07, 6.45) is 5.01. The van der Waals surface area contributed by atoms with Crippen molar-refractivity contribution in [3.05, 3.63) is 22.5 Å². The zero-order chi connectivity index (χ0) is 14.0. The molecule has 0 amide bonds. The van der Waals surface area contributed by atoms with Gasteiger partial charge in [0.25, 0.3) is 0 Å². The fourth-order valence-electron chi connectivity index (χ4n) is 3.00. The largest absolute Gasteiger partial charge is 0.504 e. The number of hydrogen-bond donors (Lipinski definition) is 2. The van der Waals surface area contributed by atoms with Crippen molar-refractivity contribution in [1.82, 2.24) is 0 Å². The highest BCUT2D eigenvalue weighted by atomic mass is 35.5. The van der Waals surface area contributed by atoms with Gasteiger partial charge in [-0.25, -0.2) is 4.39 Å². The van der Waals surface area contributed by atoms with Gasteiger partial charge in [0.05, 0.1) is 12.1 Å². The molecule has 106 valence electrons. The average molecular weight is 288 g/mol. The summed E-state index contributed by atoms with van der Waals surface area (Å²) in [7, 11) is 1.31. The number of rotatable bonds is 3. The molecule has 5 heteroatoms. The predicted octanol–water partition coefficient (Wildman–Crippen LogP) is 3.35. The topological polar surface area (TPSA) is 55.5 Å². The molecule has 0 aromatic heterocycles. The van der Waals surface area contributed by atoms with E-state index < -0.39 is 5.82 Å². The average Bonchev–Trinajstić information content (AvgIpc) is 2.44. The lowest BCUT2D eigenvalue weighted by Crippen LogP contribution is -2.37. The third-order valence-electron chi connectivity index (χ3n) is 4.13. The van der Waals surface area contributed by atoms with E-state index in [1.54, 1.807) is 0 Å². The smallest absolute Gasteiger partial charge is 0.198 e. The first-order chi connectivity index (χ1) is 9.05. The van der Waals surface area contributed by atoms with Crippen LogP contribution in [-0.2, 0) is 5.41 Å². The molecule has 1 aliphatic rings. The van der Waals surface area contributed by atoms with Gasteiger partial charge in [0.2, 0.25) is 0 Å². The number of methoxy groups -OCH3 is 1. The van der Waals surface area contributed by atoms with Crippen LogP contribution >= 0.6 is 11.6 Å². The van der Waals surface area contributed by atoms with Crippen LogP contribution in [0.25, 0.3) is 0 Å². The minimum atomic E-state index is -0.728. The minimum absolute atomic E-state index is 0.0388. The number of benzene rings is 1. The van der Waals surface area contributed by atoms with Crippen molar-refractivity contribution < 1.29 is 14.2 Å². The quantitative estimate of drug-likeness (QED) is 0.896. The highest BCUT2D eigenvalue weighted by Gasteiger charge is 2.37. The van der Waals surface area contributed by atoms with Gasteiger partial charge in [-0.2, -0.15) is 0 Å². The molecule has 0 bridgehead atoms. The fourth-order valence-corrected chi connectivity index (χ4v) is 3.19. The Balaban J connectivity index is 2.57. The second-order valence-electron chi connectivity index (χ2n) is 5.15. The van der Waals surface area contributed by atoms with E-state index in [1.165, 1.54) is 13.2 Å². The molecule has 3 N–H and O–H groups in total. The van der Waals surface area contributed by atoms with E-state index in [0.717, 1.165) is 32.1 Å². The summed E-state index contributed by atoms with van der Waals surface area (Å²) in [5, 5.41) is 10.2. The molecule has 0 heterocycles. The zero-order valence-electron chi connectivity index (χ0n) is 11.0. The van der Waals surface area contributed by atoms with Crippen molar-refractivity contribution in [1.29, 1.82) is 0 Å². The molecule has 1 aromatic carbocycles. The van der Waals surface area contributed by atoms with Crippen LogP contribution < -0.4 is 10.5 Å². The first-order valence-corrected chi connectivity index (χ1v) is 6.89. The summed E-state index contributed by atoms with van der Waals surface area (Å²) in [6.45, 7) is 0.408. The van der Waals surface area contributed by atoms with Gasteiger partial charge in [-0.1, -0.05) is 30.9 Å². The Bertz CT molecular complexity index is 473. The number of phenols is 1. The maximum absolute atomic E-state index is 13.8. The molecule has 3 nitrogen and oxygen atoms in total. The maximum Gasteiger partial charge on any atom is 0.198 e. The van der Waals surface area contributed by atoms with Crippen LogP contribution in [0.5, 0.6) is 11.5 Å². The Kier molecular flexibility index (Phi) is 4.21. The summed E-state index contributed by atoms with van der Waals surface area (Å²) in [4.78, 5) is 0. The normalized spacial score (nSPS) is 18.3. The molecule has 2 rings (SSSR count). The van der Waals surface area contributed by atoms with Crippen LogP contribution in [0.1, 0.15) is 37.7 Å². The third-order valence-corrected chi connectivity index (χ3v) is 4.40. The Hall–Kier alpha value is -1.00. The van der Waals surface area contributed by atoms with E-state index in [2.05, 4.69) is 0 Å². The first-order valence-electron chi connectivity index (χ1n) is 6.51. The van der Waals surface area contributed by atoms with Crippen LogP contribution in [-0.4, -0.2) is 18.8 Å². The summed E-state index contributed by atoms with van der Waals surface area (Å²) in [5.41, 5.74) is 6.21. The van der Waals surface area contributed by atoms with Crippen molar-refractivity contribution in [2.24, 2.45) is 5.73 Å². The number of phenolic OH excluding ortho intramolecular Hbond substituents is 1. The molecular weight excluding hydrogens is 269 g/mol. The van der Waals surface area contributed by atoms with E-state index in [0.29, 0.717) is 12.1 Å². The van der Waals surface area contributed by atoms with Gasteiger partial charge >= 0.3 is 0 Å². The molecule has 0 atom stereocenters. The summed E-state index contributed by atoms with van der Waals surface area (Å²) < 4.78 is 18.7. The highest BCUT2D eigenvalue weighted by molar-refractivity contribution is 6.31. The monoisotopic (exact) mass is 287 g/mol. The summed E-state index contributed by atoms with van der Waals surface area (Å²) >= 11 is 5.90. The van der Waals surface area contributed by atoms with E-state index in [9.17, 15) is 9.50 Å². The van der Waals surface area contributed by atoms with Crippen LogP contribution in [0, 0.1) is 5.82 Å². The summed E-state index contributed by atoms with van der Waals surface area (Å²) in [5.74, 6) is -1.09. The van der Waals surface area contributed by atoms with Crippen molar-refractivity contribution in [2.75, 3.05) is 13.7 Å². The number of hydrogen-bond acceptors (Lipinski definition) is 3. The standard InChI is InChI=1S/C14H19ClFNO2/c1-19-13-11(16)10(15)7-9(12(13)18)14(8-17)5-3-2-4-6-14/h7,18H,2-6,8,17H2,1H3. The molecule has 1 aliphatic carbocycles. The number of nitrogens with two attached hydrogens (primary N) is 1. The molecular formula is C14H19ClFNO2. The van der Waals surface area contributed by atoms with Crippen LogP contribution in [0.2, 0.25) is 5.02 Å². The summed E-state index contributed by atoms with van der Waals surface area (Å²) in [6, 6.07) is 1.49. The van der Waals surface area contributed by atoms with Crippen molar-refractivity contribution >= 4 is 11.6 Å². The Morgan fingerprint density at radius 2 is 2.05 bits per heavy atom. The SMILES string of the molecule is COc1c(O)c(C2(CN)CCCCC2)cc(Cl)c1F. The van der Waals surface area contributed by atoms with E-state index >= 15 is 0 Å². The van der Waals surface area contributed by atoms with Crippen molar-refractivity contribution in [2.45, 2.75) is 37.5 Å². The van der Waals surface area contributed by atoms with Gasteiger partial charge < -0.3 is 15.6 Å². The second kappa shape index (κ2) is 5.55. The lowest BCUT2D eigenvalue weighted by Gasteiger charge is -2.37. The fraction of sp³-hybridized carbons (Fsp3) is 0.571. The first kappa shape index (κ1) is 14.4. The molecule has 0 radical (unpaired) electrons. The van der Waals surface area contributed by atoms with Gasteiger partial charge in [-0.05, 0) is 18.9 Å². The van der Waals surface area contributed by atoms with E-state index in [1.807, 2.05) is 0 Å². The van der Waals surface area contributed by atoms with Gasteiger partial charge in [-0.3, -0.25) is 0 Å². The Labute approximate surface area is 117 Å². The number of aromatic hydroxyl groups is 1. The maximum atomic E-state index is 13.8. The zero-order valence-corrected chi connectivity index (χ0v) is 11.8. The molecule has 0 spiro atoms. The van der Waals surface area contributed by atoms with Crippen LogP contribution in [0.15, 0.2) is 6.07 Å². The Morgan fingerprint density at radius 1 is 1.42 bits per heavy atom. The second-order valence-corrected chi connectivity index (χ2v) is 5.55. The van der Waals surface area contributed by atoms with Crippen molar-refractivity contribution in [3.8, 4) is 11.5 Å². The molecule has 1 aromatic rings. The van der Waals surface area contributed by atoms with E-state index in [4.69, 9.17) is 22.1 Å². The van der Waals surface area contributed by atoms with Gasteiger partial charge in [0.15, 0.2) is 17.3 Å². The van der Waals surface area contributed by atoms with Crippen LogP contribution in [0.3, 0.4) is 0 Å². The number of ether oxygens (including phenoxy) is 1. The third kappa shape index (κ3) is 2.39. The van der Waals surface area contributed by atoms with Gasteiger partial charge in [-0.15, -0.1) is 0 Å². The Morgan fingerprint density at radius 3 is 2.58 bits per heavy atom. The molecule has 1 fully saturated rings. The van der Waals surface area contributed by atoms with Crippen LogP contribution in [0.4, 0.5) is 4.39 Å². The lowest BCUT2D eigenvalue weighted by atomic mass is 9.69. The minimum Gasteiger partial charge on any atom is -0.504 e. The molecule has 0 saturated heterocycles.